The molecule has 0 aliphatic carbocycles. The number of hydrogen-bond acceptors (Lipinski definition) is 4. The SMILES string of the molecule is CO[Si](Cc1cccc2cccnc12)(OC)OC. The van der Waals surface area contributed by atoms with Gasteiger partial charge in [-0.25, -0.2) is 0 Å². The van der Waals surface area contributed by atoms with E-state index in [1.165, 1.54) is 0 Å². The summed E-state index contributed by atoms with van der Waals surface area (Å²) in [5, 5.41) is 1.11. The second-order valence-electron chi connectivity index (χ2n) is 3.96. The lowest BCUT2D eigenvalue weighted by atomic mass is 10.1. The smallest absolute Gasteiger partial charge is 0.377 e. The van der Waals surface area contributed by atoms with Crippen LogP contribution in [0, 0.1) is 0 Å². The molecule has 0 aliphatic heterocycles. The van der Waals surface area contributed by atoms with Crippen molar-refractivity contribution in [3.05, 3.63) is 42.1 Å². The summed E-state index contributed by atoms with van der Waals surface area (Å²) in [5.41, 5.74) is 2.06. The molecule has 0 unspecified atom stereocenters. The molecule has 0 saturated carbocycles. The van der Waals surface area contributed by atoms with Gasteiger partial charge in [-0.2, -0.15) is 0 Å². The van der Waals surface area contributed by atoms with Crippen LogP contribution in [-0.2, 0) is 19.3 Å². The third-order valence-corrected chi connectivity index (χ3v) is 5.74. The Bertz CT molecular complexity index is 515. The van der Waals surface area contributed by atoms with Crippen molar-refractivity contribution >= 4 is 19.7 Å². The minimum Gasteiger partial charge on any atom is -0.377 e. The summed E-state index contributed by atoms with van der Waals surface area (Å²) in [6.07, 6.45) is 1.79. The lowest BCUT2D eigenvalue weighted by Crippen LogP contribution is -2.45. The number of nitrogens with zero attached hydrogens (tertiary/aromatic N) is 1. The van der Waals surface area contributed by atoms with Gasteiger partial charge >= 0.3 is 8.80 Å². The monoisotopic (exact) mass is 263 g/mol. The van der Waals surface area contributed by atoms with Crippen molar-refractivity contribution in [3.8, 4) is 0 Å². The van der Waals surface area contributed by atoms with Gasteiger partial charge in [-0.15, -0.1) is 0 Å². The third kappa shape index (κ3) is 2.44. The van der Waals surface area contributed by atoms with Crippen LogP contribution >= 0.6 is 0 Å². The van der Waals surface area contributed by atoms with E-state index in [9.17, 15) is 0 Å². The molecule has 0 saturated heterocycles. The molecule has 2 aromatic rings. The van der Waals surface area contributed by atoms with E-state index in [1.807, 2.05) is 30.3 Å². The lowest BCUT2D eigenvalue weighted by Gasteiger charge is -2.24. The van der Waals surface area contributed by atoms with Gasteiger partial charge in [-0.05, 0) is 11.6 Å². The lowest BCUT2D eigenvalue weighted by molar-refractivity contribution is 0.123. The molecule has 1 aromatic carbocycles. The zero-order valence-electron chi connectivity index (χ0n) is 10.8. The maximum atomic E-state index is 5.46. The summed E-state index contributed by atoms with van der Waals surface area (Å²) in [7, 11) is 2.25. The van der Waals surface area contributed by atoms with Gasteiger partial charge in [0, 0.05) is 39.0 Å². The Morgan fingerprint density at radius 3 is 2.33 bits per heavy atom. The van der Waals surface area contributed by atoms with E-state index in [1.54, 1.807) is 27.5 Å². The van der Waals surface area contributed by atoms with E-state index < -0.39 is 8.80 Å². The van der Waals surface area contributed by atoms with Gasteiger partial charge < -0.3 is 13.3 Å². The van der Waals surface area contributed by atoms with Crippen LogP contribution < -0.4 is 0 Å². The maximum absolute atomic E-state index is 5.46. The molecule has 0 bridgehead atoms. The first kappa shape index (κ1) is 13.2. The molecule has 0 atom stereocenters. The Morgan fingerprint density at radius 1 is 1.00 bits per heavy atom. The standard InChI is InChI=1S/C13H17NO3Si/c1-15-18(16-2,17-3)10-12-7-4-6-11-8-5-9-14-13(11)12/h4-9H,10H2,1-3H3. The van der Waals surface area contributed by atoms with Crippen molar-refractivity contribution in [2.24, 2.45) is 0 Å². The number of para-hydroxylation sites is 1. The molecule has 96 valence electrons. The molecule has 4 nitrogen and oxygen atoms in total. The molecule has 0 spiro atoms. The van der Waals surface area contributed by atoms with E-state index >= 15 is 0 Å². The second kappa shape index (κ2) is 5.58. The first-order valence-corrected chi connectivity index (χ1v) is 7.66. The van der Waals surface area contributed by atoms with Crippen LogP contribution in [0.3, 0.4) is 0 Å². The van der Waals surface area contributed by atoms with Crippen molar-refractivity contribution in [3.63, 3.8) is 0 Å². The van der Waals surface area contributed by atoms with Crippen LogP contribution in [0.2, 0.25) is 0 Å². The Balaban J connectivity index is 2.42. The van der Waals surface area contributed by atoms with Crippen molar-refractivity contribution in [2.75, 3.05) is 21.3 Å². The fourth-order valence-corrected chi connectivity index (χ4v) is 3.69. The van der Waals surface area contributed by atoms with E-state index in [2.05, 4.69) is 4.98 Å². The minimum atomic E-state index is -2.62. The quantitative estimate of drug-likeness (QED) is 0.775. The fraction of sp³-hybridized carbons (Fsp3) is 0.308. The predicted molar refractivity (Wildman–Crippen MR) is 72.2 cm³/mol. The molecular weight excluding hydrogens is 246 g/mol. The van der Waals surface area contributed by atoms with E-state index in [0.717, 1.165) is 16.5 Å². The highest BCUT2D eigenvalue weighted by Gasteiger charge is 2.38. The fourth-order valence-electron chi connectivity index (χ4n) is 2.01. The van der Waals surface area contributed by atoms with Crippen molar-refractivity contribution < 1.29 is 13.3 Å². The zero-order chi connectivity index (χ0) is 13.0. The molecule has 0 N–H and O–H groups in total. The first-order chi connectivity index (χ1) is 8.74. The van der Waals surface area contributed by atoms with Crippen LogP contribution in [0.15, 0.2) is 36.5 Å². The minimum absolute atomic E-state index is 0.616. The van der Waals surface area contributed by atoms with E-state index in [4.69, 9.17) is 13.3 Å². The molecular formula is C13H17NO3Si. The topological polar surface area (TPSA) is 40.6 Å². The summed E-state index contributed by atoms with van der Waals surface area (Å²) in [6, 6.07) is 10.7. The predicted octanol–water partition coefficient (Wildman–Crippen LogP) is 2.19. The second-order valence-corrected chi connectivity index (χ2v) is 6.91. The third-order valence-electron chi connectivity index (χ3n) is 3.06. The first-order valence-electron chi connectivity index (χ1n) is 5.73. The van der Waals surface area contributed by atoms with Gasteiger partial charge in [0.2, 0.25) is 0 Å². The van der Waals surface area contributed by atoms with Crippen LogP contribution in [-0.4, -0.2) is 35.1 Å². The van der Waals surface area contributed by atoms with Crippen molar-refractivity contribution in [1.82, 2.24) is 4.98 Å². The number of pyridine rings is 1. The Morgan fingerprint density at radius 2 is 1.67 bits per heavy atom. The molecule has 0 amide bonds. The van der Waals surface area contributed by atoms with Crippen LogP contribution in [0.4, 0.5) is 0 Å². The molecule has 2 rings (SSSR count). The highest BCUT2D eigenvalue weighted by molar-refractivity contribution is 6.60. The average molecular weight is 263 g/mol. The Labute approximate surface area is 108 Å². The molecule has 0 aliphatic rings. The summed E-state index contributed by atoms with van der Waals surface area (Å²) in [4.78, 5) is 4.42. The van der Waals surface area contributed by atoms with Gasteiger partial charge in [0.1, 0.15) is 0 Å². The van der Waals surface area contributed by atoms with Gasteiger partial charge in [0.05, 0.1) is 5.52 Å². The number of hydrogen-bond donors (Lipinski definition) is 0. The summed E-state index contributed by atoms with van der Waals surface area (Å²) >= 11 is 0. The number of aromatic nitrogens is 1. The Hall–Kier alpha value is -1.27. The molecule has 18 heavy (non-hydrogen) atoms. The highest BCUT2D eigenvalue weighted by Crippen LogP contribution is 2.21. The van der Waals surface area contributed by atoms with Crippen molar-refractivity contribution in [1.29, 1.82) is 0 Å². The summed E-state index contributed by atoms with van der Waals surface area (Å²) < 4.78 is 16.4. The number of fused-ring (bicyclic) bond motifs is 1. The number of rotatable bonds is 5. The maximum Gasteiger partial charge on any atom is 0.504 e. The van der Waals surface area contributed by atoms with Gasteiger partial charge in [-0.3, -0.25) is 4.98 Å². The number of benzene rings is 1. The summed E-state index contributed by atoms with van der Waals surface area (Å²) in [6.45, 7) is 0. The van der Waals surface area contributed by atoms with Crippen LogP contribution in [0.25, 0.3) is 10.9 Å². The normalized spacial score (nSPS) is 11.9. The molecule has 0 fully saturated rings. The largest absolute Gasteiger partial charge is 0.504 e. The Kier molecular flexibility index (Phi) is 4.08. The van der Waals surface area contributed by atoms with Gasteiger partial charge in [-0.1, -0.05) is 24.3 Å². The molecule has 1 aromatic heterocycles. The highest BCUT2D eigenvalue weighted by atomic mass is 28.4. The zero-order valence-corrected chi connectivity index (χ0v) is 11.8. The average Bonchev–Trinajstić information content (AvgIpc) is 2.45. The van der Waals surface area contributed by atoms with Gasteiger partial charge in [0.25, 0.3) is 0 Å². The van der Waals surface area contributed by atoms with E-state index in [0.29, 0.717) is 6.04 Å². The van der Waals surface area contributed by atoms with Gasteiger partial charge in [0.15, 0.2) is 0 Å². The van der Waals surface area contributed by atoms with Crippen LogP contribution in [0.1, 0.15) is 5.56 Å². The van der Waals surface area contributed by atoms with Crippen molar-refractivity contribution in [2.45, 2.75) is 6.04 Å². The molecule has 1 heterocycles. The van der Waals surface area contributed by atoms with Crippen LogP contribution in [0.5, 0.6) is 0 Å². The van der Waals surface area contributed by atoms with E-state index in [-0.39, 0.29) is 0 Å². The molecule has 0 radical (unpaired) electrons. The summed E-state index contributed by atoms with van der Waals surface area (Å²) in [5.74, 6) is 0. The molecule has 5 heteroatoms.